The number of aryl methyl sites for hydroxylation is 1. The molecular weight excluding hydrogens is 592 g/mol. The van der Waals surface area contributed by atoms with Gasteiger partial charge in [0.05, 0.1) is 23.7 Å². The first kappa shape index (κ1) is 25.6. The van der Waals surface area contributed by atoms with E-state index in [1.54, 1.807) is 49.5 Å². The van der Waals surface area contributed by atoms with Gasteiger partial charge in [-0.05, 0) is 72.2 Å². The van der Waals surface area contributed by atoms with Crippen LogP contribution >= 0.6 is 31.9 Å². The van der Waals surface area contributed by atoms with Gasteiger partial charge in [-0.1, -0.05) is 34.1 Å². The molecule has 0 aliphatic carbocycles. The van der Waals surface area contributed by atoms with Crippen LogP contribution in [0.1, 0.15) is 18.3 Å². The van der Waals surface area contributed by atoms with Crippen molar-refractivity contribution in [1.82, 2.24) is 9.66 Å². The summed E-state index contributed by atoms with van der Waals surface area (Å²) < 4.78 is 14.1. The summed E-state index contributed by atoms with van der Waals surface area (Å²) in [6.45, 7) is 3.77. The molecule has 4 aromatic rings. The van der Waals surface area contributed by atoms with Crippen molar-refractivity contribution in [1.29, 1.82) is 0 Å². The molecule has 0 atom stereocenters. The SMILES string of the molecule is CCOc1cc(C=Nn2c(C)nc3ccc(Br)cc3c2=O)c(Br)cc1OCC(=O)Nc1ccccc1. The quantitative estimate of drug-likeness (QED) is 0.264. The van der Waals surface area contributed by atoms with E-state index in [4.69, 9.17) is 9.47 Å². The van der Waals surface area contributed by atoms with E-state index in [0.29, 0.717) is 50.6 Å². The molecule has 0 aliphatic heterocycles. The summed E-state index contributed by atoms with van der Waals surface area (Å²) in [5, 5.41) is 7.61. The van der Waals surface area contributed by atoms with Crippen LogP contribution in [0.4, 0.5) is 5.69 Å². The Morgan fingerprint density at radius 2 is 1.83 bits per heavy atom. The van der Waals surface area contributed by atoms with Crippen LogP contribution in [0.3, 0.4) is 0 Å². The van der Waals surface area contributed by atoms with Gasteiger partial charge >= 0.3 is 0 Å². The minimum Gasteiger partial charge on any atom is -0.490 e. The van der Waals surface area contributed by atoms with Gasteiger partial charge in [-0.15, -0.1) is 0 Å². The highest BCUT2D eigenvalue weighted by Crippen LogP contribution is 2.33. The Kier molecular flexibility index (Phi) is 8.17. The van der Waals surface area contributed by atoms with Gasteiger partial charge in [-0.2, -0.15) is 9.78 Å². The van der Waals surface area contributed by atoms with Crippen molar-refractivity contribution in [2.45, 2.75) is 13.8 Å². The number of ether oxygens (including phenoxy) is 2. The average Bonchev–Trinajstić information content (AvgIpc) is 2.86. The predicted octanol–water partition coefficient (Wildman–Crippen LogP) is 5.53. The van der Waals surface area contributed by atoms with E-state index in [-0.39, 0.29) is 18.1 Å². The van der Waals surface area contributed by atoms with Crippen molar-refractivity contribution in [2.75, 3.05) is 18.5 Å². The fraction of sp³-hybridized carbons (Fsp3) is 0.154. The number of fused-ring (bicyclic) bond motifs is 1. The molecule has 0 aliphatic rings. The maximum atomic E-state index is 13.0. The van der Waals surface area contributed by atoms with Crippen molar-refractivity contribution in [2.24, 2.45) is 5.10 Å². The van der Waals surface area contributed by atoms with Crippen LogP contribution in [0.2, 0.25) is 0 Å². The van der Waals surface area contributed by atoms with Gasteiger partial charge in [0.1, 0.15) is 5.82 Å². The molecule has 0 spiro atoms. The summed E-state index contributed by atoms with van der Waals surface area (Å²) in [7, 11) is 0. The number of aromatic nitrogens is 2. The van der Waals surface area contributed by atoms with Gasteiger partial charge in [0.2, 0.25) is 0 Å². The number of amides is 1. The second kappa shape index (κ2) is 11.5. The Balaban J connectivity index is 1.58. The number of nitrogens with zero attached hydrogens (tertiary/aromatic N) is 3. The van der Waals surface area contributed by atoms with Crippen molar-refractivity contribution < 1.29 is 14.3 Å². The minimum atomic E-state index is -0.296. The summed E-state index contributed by atoms with van der Waals surface area (Å²) in [4.78, 5) is 29.8. The first-order chi connectivity index (χ1) is 17.4. The van der Waals surface area contributed by atoms with E-state index in [0.717, 1.165) is 4.47 Å². The first-order valence-corrected chi connectivity index (χ1v) is 12.6. The number of carbonyl (C=O) groups is 1. The second-order valence-corrected chi connectivity index (χ2v) is 9.41. The molecule has 3 aromatic carbocycles. The molecule has 10 heteroatoms. The molecule has 1 aromatic heterocycles. The number of carbonyl (C=O) groups excluding carboxylic acids is 1. The second-order valence-electron chi connectivity index (χ2n) is 7.64. The molecule has 0 saturated heterocycles. The van der Waals surface area contributed by atoms with E-state index in [1.165, 1.54) is 4.68 Å². The Bertz CT molecular complexity index is 1500. The lowest BCUT2D eigenvalue weighted by atomic mass is 10.2. The number of hydrogen-bond acceptors (Lipinski definition) is 6. The van der Waals surface area contributed by atoms with Gasteiger partial charge in [0.15, 0.2) is 18.1 Å². The summed E-state index contributed by atoms with van der Waals surface area (Å²) >= 11 is 6.91. The molecule has 0 bridgehead atoms. The van der Waals surface area contributed by atoms with Crippen LogP contribution in [0.5, 0.6) is 11.5 Å². The first-order valence-electron chi connectivity index (χ1n) is 11.0. The Morgan fingerprint density at radius 1 is 1.08 bits per heavy atom. The lowest BCUT2D eigenvalue weighted by molar-refractivity contribution is -0.118. The number of halogens is 2. The van der Waals surface area contributed by atoms with Gasteiger partial charge in [-0.25, -0.2) is 4.98 Å². The Morgan fingerprint density at radius 3 is 2.58 bits per heavy atom. The van der Waals surface area contributed by atoms with Crippen molar-refractivity contribution in [3.05, 3.63) is 91.4 Å². The van der Waals surface area contributed by atoms with E-state index in [1.807, 2.05) is 31.2 Å². The Hall–Kier alpha value is -3.50. The maximum absolute atomic E-state index is 13.0. The lowest BCUT2D eigenvalue weighted by Crippen LogP contribution is -2.21. The highest BCUT2D eigenvalue weighted by molar-refractivity contribution is 9.10. The fourth-order valence-corrected chi connectivity index (χ4v) is 4.19. The number of para-hydroxylation sites is 1. The highest BCUT2D eigenvalue weighted by atomic mass is 79.9. The minimum absolute atomic E-state index is 0.193. The topological polar surface area (TPSA) is 94.8 Å². The standard InChI is InChI=1S/C26H22Br2N4O4/c1-3-35-23-11-17(14-29-32-16(2)30-22-10-9-18(27)12-20(22)26(32)34)21(28)13-24(23)36-15-25(33)31-19-7-5-4-6-8-19/h4-14H,3,15H2,1-2H3,(H,31,33). The third-order valence-corrected chi connectivity index (χ3v) is 6.24. The molecule has 1 N–H and O–H groups in total. The molecule has 0 saturated carbocycles. The predicted molar refractivity (Wildman–Crippen MR) is 147 cm³/mol. The highest BCUT2D eigenvalue weighted by Gasteiger charge is 2.13. The summed E-state index contributed by atoms with van der Waals surface area (Å²) in [5.74, 6) is 1.00. The zero-order chi connectivity index (χ0) is 25.7. The third kappa shape index (κ3) is 6.00. The smallest absolute Gasteiger partial charge is 0.282 e. The largest absolute Gasteiger partial charge is 0.490 e. The van der Waals surface area contributed by atoms with Crippen LogP contribution in [-0.4, -0.2) is 35.0 Å². The molecule has 1 amide bonds. The van der Waals surface area contributed by atoms with Crippen LogP contribution in [-0.2, 0) is 4.79 Å². The van der Waals surface area contributed by atoms with Gasteiger partial charge in [-0.3, -0.25) is 9.59 Å². The van der Waals surface area contributed by atoms with Gasteiger partial charge in [0, 0.05) is 20.2 Å². The molecule has 1 heterocycles. The number of hydrogen-bond donors (Lipinski definition) is 1. The third-order valence-electron chi connectivity index (χ3n) is 5.06. The monoisotopic (exact) mass is 612 g/mol. The van der Waals surface area contributed by atoms with Gasteiger partial charge in [0.25, 0.3) is 11.5 Å². The van der Waals surface area contributed by atoms with E-state index >= 15 is 0 Å². The molecular formula is C26H22Br2N4O4. The molecule has 8 nitrogen and oxygen atoms in total. The lowest BCUT2D eigenvalue weighted by Gasteiger charge is -2.14. The van der Waals surface area contributed by atoms with Crippen molar-refractivity contribution in [3.63, 3.8) is 0 Å². The van der Waals surface area contributed by atoms with E-state index < -0.39 is 0 Å². The van der Waals surface area contributed by atoms with Crippen LogP contribution in [0.15, 0.2) is 79.5 Å². The molecule has 184 valence electrons. The molecule has 36 heavy (non-hydrogen) atoms. The fourth-order valence-electron chi connectivity index (χ4n) is 3.41. The number of benzene rings is 3. The summed E-state index contributed by atoms with van der Waals surface area (Å²) in [6, 6.07) is 17.9. The van der Waals surface area contributed by atoms with Crippen molar-refractivity contribution >= 4 is 60.6 Å². The molecule has 0 fully saturated rings. The average molecular weight is 614 g/mol. The maximum Gasteiger partial charge on any atom is 0.282 e. The number of anilines is 1. The van der Waals surface area contributed by atoms with E-state index in [9.17, 15) is 9.59 Å². The normalized spacial score (nSPS) is 11.1. The zero-order valence-corrected chi connectivity index (χ0v) is 22.7. The molecule has 4 rings (SSSR count). The molecule has 0 radical (unpaired) electrons. The summed E-state index contributed by atoms with van der Waals surface area (Å²) in [5.41, 5.74) is 1.66. The summed E-state index contributed by atoms with van der Waals surface area (Å²) in [6.07, 6.45) is 1.54. The Labute approximate surface area is 224 Å². The van der Waals surface area contributed by atoms with Crippen LogP contribution < -0.4 is 20.3 Å². The van der Waals surface area contributed by atoms with Crippen molar-refractivity contribution in [3.8, 4) is 11.5 Å². The molecule has 0 unspecified atom stereocenters. The van der Waals surface area contributed by atoms with Gasteiger partial charge < -0.3 is 14.8 Å². The number of rotatable bonds is 8. The zero-order valence-electron chi connectivity index (χ0n) is 19.5. The van der Waals surface area contributed by atoms with Crippen LogP contribution in [0, 0.1) is 6.92 Å². The number of nitrogens with one attached hydrogen (secondary N) is 1. The van der Waals surface area contributed by atoms with E-state index in [2.05, 4.69) is 47.3 Å². The van der Waals surface area contributed by atoms with Crippen LogP contribution in [0.25, 0.3) is 10.9 Å².